The first-order valence-corrected chi connectivity index (χ1v) is 7.44. The van der Waals surface area contributed by atoms with Crippen LogP contribution in [0.25, 0.3) is 0 Å². The molecular formula is C16H23F2NO2. The summed E-state index contributed by atoms with van der Waals surface area (Å²) in [5, 5.41) is 13.1. The monoisotopic (exact) mass is 299 g/mol. The average Bonchev–Trinajstić information content (AvgIpc) is 2.37. The van der Waals surface area contributed by atoms with Gasteiger partial charge in [0, 0.05) is 36.2 Å². The van der Waals surface area contributed by atoms with E-state index >= 15 is 0 Å². The van der Waals surface area contributed by atoms with Crippen molar-refractivity contribution in [2.45, 2.75) is 57.2 Å². The summed E-state index contributed by atoms with van der Waals surface area (Å²) in [7, 11) is 0. The molecule has 0 saturated heterocycles. The third kappa shape index (κ3) is 4.38. The molecule has 0 aromatic heterocycles. The van der Waals surface area contributed by atoms with Gasteiger partial charge in [-0.1, -0.05) is 13.8 Å². The molecule has 0 radical (unpaired) electrons. The number of hydrogen-bond donors (Lipinski definition) is 2. The normalized spacial score (nSPS) is 26.1. The number of rotatable bonds is 5. The fraction of sp³-hybridized carbons (Fsp3) is 0.625. The molecule has 2 rings (SSSR count). The Morgan fingerprint density at radius 3 is 2.57 bits per heavy atom. The SMILES string of the molecule is CC(C)NC1(CO)CCCC(Oc2cc(F)cc(F)c2)C1. The molecule has 2 N–H and O–H groups in total. The third-order valence-corrected chi connectivity index (χ3v) is 3.84. The van der Waals surface area contributed by atoms with Crippen LogP contribution in [0.4, 0.5) is 8.78 Å². The van der Waals surface area contributed by atoms with Gasteiger partial charge in [-0.3, -0.25) is 0 Å². The van der Waals surface area contributed by atoms with Gasteiger partial charge in [0.15, 0.2) is 0 Å². The molecule has 5 heteroatoms. The molecule has 1 aliphatic rings. The number of halogens is 2. The van der Waals surface area contributed by atoms with E-state index in [1.807, 2.05) is 13.8 Å². The first kappa shape index (κ1) is 16.2. The smallest absolute Gasteiger partial charge is 0.129 e. The van der Waals surface area contributed by atoms with E-state index in [2.05, 4.69) is 5.32 Å². The Bertz CT molecular complexity index is 461. The van der Waals surface area contributed by atoms with Crippen LogP contribution < -0.4 is 10.1 Å². The van der Waals surface area contributed by atoms with Gasteiger partial charge < -0.3 is 15.2 Å². The topological polar surface area (TPSA) is 41.5 Å². The second-order valence-electron chi connectivity index (χ2n) is 6.18. The maximum atomic E-state index is 13.2. The van der Waals surface area contributed by atoms with Crippen LogP contribution in [0.2, 0.25) is 0 Å². The molecule has 1 aromatic rings. The minimum atomic E-state index is -0.644. The number of aliphatic hydroxyl groups excluding tert-OH is 1. The lowest BCUT2D eigenvalue weighted by Gasteiger charge is -2.41. The summed E-state index contributed by atoms with van der Waals surface area (Å²) in [5.74, 6) is -1.08. The van der Waals surface area contributed by atoms with E-state index in [1.165, 1.54) is 12.1 Å². The second kappa shape index (κ2) is 6.71. The number of ether oxygens (including phenoxy) is 1. The molecule has 0 aliphatic heterocycles. The van der Waals surface area contributed by atoms with Crippen LogP contribution in [0.1, 0.15) is 39.5 Å². The fourth-order valence-corrected chi connectivity index (χ4v) is 3.13. The summed E-state index contributed by atoms with van der Waals surface area (Å²) < 4.78 is 32.1. The Hall–Kier alpha value is -1.20. The molecule has 118 valence electrons. The molecule has 0 bridgehead atoms. The predicted molar refractivity (Wildman–Crippen MR) is 77.3 cm³/mol. The van der Waals surface area contributed by atoms with Gasteiger partial charge in [0.2, 0.25) is 0 Å². The first-order valence-electron chi connectivity index (χ1n) is 7.44. The van der Waals surface area contributed by atoms with Gasteiger partial charge in [-0.2, -0.15) is 0 Å². The molecule has 1 aliphatic carbocycles. The minimum absolute atomic E-state index is 0.0303. The van der Waals surface area contributed by atoms with Crippen molar-refractivity contribution in [3.8, 4) is 5.75 Å². The second-order valence-corrected chi connectivity index (χ2v) is 6.18. The summed E-state index contributed by atoms with van der Waals surface area (Å²) in [5.41, 5.74) is -0.372. The van der Waals surface area contributed by atoms with E-state index in [-0.39, 0.29) is 30.0 Å². The molecule has 1 fully saturated rings. The van der Waals surface area contributed by atoms with Crippen LogP contribution in [0.5, 0.6) is 5.75 Å². The van der Waals surface area contributed by atoms with Crippen LogP contribution >= 0.6 is 0 Å². The molecule has 0 amide bonds. The Morgan fingerprint density at radius 1 is 1.33 bits per heavy atom. The highest BCUT2D eigenvalue weighted by Crippen LogP contribution is 2.31. The van der Waals surface area contributed by atoms with Crippen molar-refractivity contribution in [1.82, 2.24) is 5.32 Å². The summed E-state index contributed by atoms with van der Waals surface area (Å²) >= 11 is 0. The van der Waals surface area contributed by atoms with Crippen LogP contribution in [-0.2, 0) is 0 Å². The molecule has 3 nitrogen and oxygen atoms in total. The summed E-state index contributed by atoms with van der Waals surface area (Å²) in [6, 6.07) is 3.46. The van der Waals surface area contributed by atoms with Gasteiger partial charge in [0.1, 0.15) is 23.5 Å². The van der Waals surface area contributed by atoms with Gasteiger partial charge in [-0.05, 0) is 19.3 Å². The highest BCUT2D eigenvalue weighted by Gasteiger charge is 2.37. The highest BCUT2D eigenvalue weighted by molar-refractivity contribution is 5.24. The maximum Gasteiger partial charge on any atom is 0.129 e. The van der Waals surface area contributed by atoms with Gasteiger partial charge in [-0.15, -0.1) is 0 Å². The molecule has 1 saturated carbocycles. The van der Waals surface area contributed by atoms with Gasteiger partial charge in [-0.25, -0.2) is 8.78 Å². The summed E-state index contributed by atoms with van der Waals surface area (Å²) in [6.07, 6.45) is 3.07. The Labute approximate surface area is 124 Å². The summed E-state index contributed by atoms with van der Waals surface area (Å²) in [4.78, 5) is 0. The van der Waals surface area contributed by atoms with Crippen LogP contribution in [0, 0.1) is 11.6 Å². The number of hydrogen-bond acceptors (Lipinski definition) is 3. The Morgan fingerprint density at radius 2 is 2.00 bits per heavy atom. The van der Waals surface area contributed by atoms with Crippen molar-refractivity contribution in [3.05, 3.63) is 29.8 Å². The van der Waals surface area contributed by atoms with E-state index < -0.39 is 11.6 Å². The molecule has 2 atom stereocenters. The van der Waals surface area contributed by atoms with Gasteiger partial charge >= 0.3 is 0 Å². The van der Waals surface area contributed by atoms with Crippen molar-refractivity contribution in [1.29, 1.82) is 0 Å². The van der Waals surface area contributed by atoms with E-state index in [9.17, 15) is 13.9 Å². The lowest BCUT2D eigenvalue weighted by molar-refractivity contribution is 0.0459. The minimum Gasteiger partial charge on any atom is -0.490 e. The average molecular weight is 299 g/mol. The molecule has 2 unspecified atom stereocenters. The lowest BCUT2D eigenvalue weighted by atomic mass is 9.80. The zero-order chi connectivity index (χ0) is 15.5. The number of benzene rings is 1. The fourth-order valence-electron chi connectivity index (χ4n) is 3.13. The van der Waals surface area contributed by atoms with E-state index in [4.69, 9.17) is 4.74 Å². The number of aliphatic hydroxyl groups is 1. The molecule has 0 heterocycles. The van der Waals surface area contributed by atoms with Crippen LogP contribution in [-0.4, -0.2) is 29.4 Å². The molecule has 0 spiro atoms. The van der Waals surface area contributed by atoms with Crippen LogP contribution in [0.3, 0.4) is 0 Å². The van der Waals surface area contributed by atoms with Gasteiger partial charge in [0.25, 0.3) is 0 Å². The molecule has 21 heavy (non-hydrogen) atoms. The van der Waals surface area contributed by atoms with E-state index in [0.29, 0.717) is 6.42 Å². The van der Waals surface area contributed by atoms with E-state index in [0.717, 1.165) is 25.3 Å². The standard InChI is InChI=1S/C16H23F2NO2/c1-11(2)19-16(10-20)5-3-4-14(9-16)21-15-7-12(17)6-13(18)8-15/h6-8,11,14,19-20H,3-5,9-10H2,1-2H3. The lowest BCUT2D eigenvalue weighted by Crippen LogP contribution is -2.55. The predicted octanol–water partition coefficient (Wildman–Crippen LogP) is 3.02. The zero-order valence-electron chi connectivity index (χ0n) is 12.5. The molecule has 1 aromatic carbocycles. The van der Waals surface area contributed by atoms with Crippen LogP contribution in [0.15, 0.2) is 18.2 Å². The van der Waals surface area contributed by atoms with Gasteiger partial charge in [0.05, 0.1) is 6.61 Å². The Balaban J connectivity index is 2.06. The van der Waals surface area contributed by atoms with Crippen molar-refractivity contribution in [2.24, 2.45) is 0 Å². The number of nitrogens with one attached hydrogen (secondary N) is 1. The molecular weight excluding hydrogens is 276 g/mol. The van der Waals surface area contributed by atoms with Crippen molar-refractivity contribution in [2.75, 3.05) is 6.61 Å². The Kier molecular flexibility index (Phi) is 5.17. The highest BCUT2D eigenvalue weighted by atomic mass is 19.1. The third-order valence-electron chi connectivity index (χ3n) is 3.84. The largest absolute Gasteiger partial charge is 0.490 e. The van der Waals surface area contributed by atoms with Crippen molar-refractivity contribution >= 4 is 0 Å². The quantitative estimate of drug-likeness (QED) is 0.878. The summed E-state index contributed by atoms with van der Waals surface area (Å²) in [6.45, 7) is 4.09. The van der Waals surface area contributed by atoms with Crippen molar-refractivity contribution < 1.29 is 18.6 Å². The van der Waals surface area contributed by atoms with Crippen molar-refractivity contribution in [3.63, 3.8) is 0 Å². The van der Waals surface area contributed by atoms with E-state index in [1.54, 1.807) is 0 Å². The zero-order valence-corrected chi connectivity index (χ0v) is 12.5. The maximum absolute atomic E-state index is 13.2. The first-order chi connectivity index (χ1) is 9.92.